The van der Waals surface area contributed by atoms with Crippen molar-refractivity contribution in [1.82, 2.24) is 15.0 Å². The molecule has 3 heteroatoms. The summed E-state index contributed by atoms with van der Waals surface area (Å²) < 4.78 is 0. The Kier molecular flexibility index (Phi) is 8.94. The first-order chi connectivity index (χ1) is 26.8. The molecule has 0 fully saturated rings. The normalized spacial score (nSPS) is 11.0. The highest BCUT2D eigenvalue weighted by atomic mass is 14.9. The molecule has 9 aromatic rings. The molecule has 0 bridgehead atoms. The zero-order valence-corrected chi connectivity index (χ0v) is 29.5. The lowest BCUT2D eigenvalue weighted by atomic mass is 9.84. The highest BCUT2D eigenvalue weighted by molar-refractivity contribution is 5.98. The Bertz CT molecular complexity index is 2600. The first kappa shape index (κ1) is 32.7. The lowest BCUT2D eigenvalue weighted by molar-refractivity contribution is 1.18. The largest absolute Gasteiger partial charge is 0.264 e. The van der Waals surface area contributed by atoms with Gasteiger partial charge in [-0.05, 0) is 80.4 Å². The number of pyridine rings is 1. The quantitative estimate of drug-likeness (QED) is 0.159. The Morgan fingerprint density at radius 2 is 0.759 bits per heavy atom. The van der Waals surface area contributed by atoms with Crippen molar-refractivity contribution in [2.75, 3.05) is 0 Å². The molecule has 2 heterocycles. The summed E-state index contributed by atoms with van der Waals surface area (Å²) in [5.41, 5.74) is 16.3. The number of hydrogen-bond donors (Lipinski definition) is 0. The molecule has 0 amide bonds. The highest BCUT2D eigenvalue weighted by Crippen LogP contribution is 2.44. The molecule has 0 atom stereocenters. The Morgan fingerprint density at radius 3 is 1.33 bits per heavy atom. The van der Waals surface area contributed by atoms with Gasteiger partial charge < -0.3 is 0 Å². The molecule has 0 aliphatic heterocycles. The Balaban J connectivity index is 1.19. The lowest BCUT2D eigenvalue weighted by Crippen LogP contribution is -1.96. The van der Waals surface area contributed by atoms with E-state index in [0.29, 0.717) is 5.82 Å². The maximum absolute atomic E-state index is 5.14. The number of benzene rings is 7. The third-order valence-corrected chi connectivity index (χ3v) is 9.80. The van der Waals surface area contributed by atoms with Gasteiger partial charge in [0.1, 0.15) is 0 Å². The lowest BCUT2D eigenvalue weighted by Gasteiger charge is -2.19. The molecule has 54 heavy (non-hydrogen) atoms. The molecular formula is C51H35N3. The van der Waals surface area contributed by atoms with E-state index in [9.17, 15) is 0 Å². The van der Waals surface area contributed by atoms with E-state index in [1.807, 2.05) is 30.5 Å². The summed E-state index contributed by atoms with van der Waals surface area (Å²) >= 11 is 0. The standard InChI is InChI=1S/C51H35N3/c1-5-15-36(16-6-1)45-32-46(37-17-7-2-8-18-37)50(47(33-45)38-19-9-3-10-20-38)40-28-26-39(27-29-40)48-34-49(54-51(53-48)41-21-11-4-12-22-41)43-24-13-23-42(31-43)44-25-14-30-52-35-44/h1-35H. The summed E-state index contributed by atoms with van der Waals surface area (Å²) in [7, 11) is 0. The van der Waals surface area contributed by atoms with Gasteiger partial charge in [0.2, 0.25) is 0 Å². The summed E-state index contributed by atoms with van der Waals surface area (Å²) in [5.74, 6) is 0.688. The van der Waals surface area contributed by atoms with Gasteiger partial charge in [0.25, 0.3) is 0 Å². The molecule has 0 spiro atoms. The zero-order chi connectivity index (χ0) is 36.1. The fourth-order valence-corrected chi connectivity index (χ4v) is 7.10. The Hall–Kier alpha value is -7.23. The van der Waals surface area contributed by atoms with Gasteiger partial charge in [-0.2, -0.15) is 0 Å². The minimum Gasteiger partial charge on any atom is -0.264 e. The second-order valence-corrected chi connectivity index (χ2v) is 13.3. The van der Waals surface area contributed by atoms with Crippen molar-refractivity contribution in [2.24, 2.45) is 0 Å². The van der Waals surface area contributed by atoms with Crippen LogP contribution in [0.1, 0.15) is 0 Å². The highest BCUT2D eigenvalue weighted by Gasteiger charge is 2.18. The van der Waals surface area contributed by atoms with Crippen molar-refractivity contribution in [3.05, 3.63) is 213 Å². The smallest absolute Gasteiger partial charge is 0.160 e. The van der Waals surface area contributed by atoms with E-state index >= 15 is 0 Å². The van der Waals surface area contributed by atoms with Gasteiger partial charge in [-0.1, -0.05) is 170 Å². The van der Waals surface area contributed by atoms with Crippen molar-refractivity contribution in [3.63, 3.8) is 0 Å². The Labute approximate surface area is 316 Å². The van der Waals surface area contributed by atoms with Gasteiger partial charge in [-0.3, -0.25) is 4.98 Å². The number of nitrogens with zero attached hydrogens (tertiary/aromatic N) is 3. The number of hydrogen-bond acceptors (Lipinski definition) is 3. The van der Waals surface area contributed by atoms with E-state index in [0.717, 1.165) is 44.8 Å². The van der Waals surface area contributed by atoms with Crippen LogP contribution < -0.4 is 0 Å². The molecule has 9 rings (SSSR count). The van der Waals surface area contributed by atoms with Crippen molar-refractivity contribution < 1.29 is 0 Å². The van der Waals surface area contributed by atoms with E-state index in [1.165, 1.54) is 38.9 Å². The summed E-state index contributed by atoms with van der Waals surface area (Å²) in [6.45, 7) is 0. The van der Waals surface area contributed by atoms with Gasteiger partial charge in [0, 0.05) is 34.6 Å². The van der Waals surface area contributed by atoms with Crippen LogP contribution in [0.4, 0.5) is 0 Å². The molecule has 3 nitrogen and oxygen atoms in total. The third-order valence-electron chi connectivity index (χ3n) is 9.80. The van der Waals surface area contributed by atoms with E-state index in [-0.39, 0.29) is 0 Å². The first-order valence-electron chi connectivity index (χ1n) is 18.2. The second-order valence-electron chi connectivity index (χ2n) is 13.3. The molecule has 0 aliphatic carbocycles. The van der Waals surface area contributed by atoms with Crippen LogP contribution in [0.2, 0.25) is 0 Å². The summed E-state index contributed by atoms with van der Waals surface area (Å²) in [6.07, 6.45) is 3.69. The average Bonchev–Trinajstić information content (AvgIpc) is 3.27. The van der Waals surface area contributed by atoms with Crippen LogP contribution in [-0.4, -0.2) is 15.0 Å². The van der Waals surface area contributed by atoms with Crippen LogP contribution in [0.25, 0.3) is 89.5 Å². The molecule has 0 aliphatic rings. The van der Waals surface area contributed by atoms with Gasteiger partial charge in [-0.15, -0.1) is 0 Å². The first-order valence-corrected chi connectivity index (χ1v) is 18.2. The molecule has 0 saturated carbocycles. The fourth-order valence-electron chi connectivity index (χ4n) is 7.10. The van der Waals surface area contributed by atoms with Crippen molar-refractivity contribution in [1.29, 1.82) is 0 Å². The Morgan fingerprint density at radius 1 is 0.278 bits per heavy atom. The fraction of sp³-hybridized carbons (Fsp3) is 0. The third kappa shape index (κ3) is 6.74. The van der Waals surface area contributed by atoms with E-state index < -0.39 is 0 Å². The summed E-state index contributed by atoms with van der Waals surface area (Å²) in [4.78, 5) is 14.6. The minimum absolute atomic E-state index is 0.688. The average molecular weight is 690 g/mol. The monoisotopic (exact) mass is 689 g/mol. The van der Waals surface area contributed by atoms with E-state index in [4.69, 9.17) is 9.97 Å². The molecule has 2 aromatic heterocycles. The van der Waals surface area contributed by atoms with Crippen molar-refractivity contribution in [2.45, 2.75) is 0 Å². The van der Waals surface area contributed by atoms with Gasteiger partial charge in [0.05, 0.1) is 11.4 Å². The molecule has 0 saturated heterocycles. The van der Waals surface area contributed by atoms with Crippen LogP contribution in [0.15, 0.2) is 213 Å². The van der Waals surface area contributed by atoms with E-state index in [2.05, 4.69) is 181 Å². The zero-order valence-electron chi connectivity index (χ0n) is 29.5. The van der Waals surface area contributed by atoms with Crippen molar-refractivity contribution >= 4 is 0 Å². The molecule has 0 N–H and O–H groups in total. The summed E-state index contributed by atoms with van der Waals surface area (Å²) in [5, 5.41) is 0. The van der Waals surface area contributed by atoms with Gasteiger partial charge in [0.15, 0.2) is 5.82 Å². The second kappa shape index (κ2) is 14.8. The number of rotatable bonds is 8. The molecule has 0 radical (unpaired) electrons. The predicted molar refractivity (Wildman–Crippen MR) is 223 cm³/mol. The summed E-state index contributed by atoms with van der Waals surface area (Å²) in [6, 6.07) is 70.4. The van der Waals surface area contributed by atoms with E-state index in [1.54, 1.807) is 6.20 Å². The maximum Gasteiger partial charge on any atom is 0.160 e. The topological polar surface area (TPSA) is 38.7 Å². The molecule has 0 unspecified atom stereocenters. The molecular weight excluding hydrogens is 655 g/mol. The van der Waals surface area contributed by atoms with Crippen LogP contribution in [-0.2, 0) is 0 Å². The van der Waals surface area contributed by atoms with Crippen LogP contribution >= 0.6 is 0 Å². The SMILES string of the molecule is c1ccc(-c2cc(-c3ccccc3)c(-c3ccc(-c4cc(-c5cccc(-c6cccnc6)c5)nc(-c5ccccc5)n4)cc3)c(-c3ccccc3)c2)cc1. The maximum atomic E-state index is 5.14. The van der Waals surface area contributed by atoms with Crippen LogP contribution in [0.5, 0.6) is 0 Å². The molecule has 254 valence electrons. The molecule has 7 aromatic carbocycles. The van der Waals surface area contributed by atoms with Crippen LogP contribution in [0.3, 0.4) is 0 Å². The van der Waals surface area contributed by atoms with Crippen LogP contribution in [0, 0.1) is 0 Å². The van der Waals surface area contributed by atoms with Gasteiger partial charge >= 0.3 is 0 Å². The number of aromatic nitrogens is 3. The minimum atomic E-state index is 0.688. The van der Waals surface area contributed by atoms with Crippen molar-refractivity contribution in [3.8, 4) is 89.5 Å². The predicted octanol–water partition coefficient (Wildman–Crippen LogP) is 13.2. The van der Waals surface area contributed by atoms with Gasteiger partial charge in [-0.25, -0.2) is 9.97 Å².